The Balaban J connectivity index is 4.11. The SMILES string of the molecule is CCCOC(CCC)(O[SiH3])OCCC. The van der Waals surface area contributed by atoms with Gasteiger partial charge in [0.1, 0.15) is 0 Å². The van der Waals surface area contributed by atoms with E-state index in [0.29, 0.717) is 23.7 Å². The molecule has 0 aromatic rings. The van der Waals surface area contributed by atoms with E-state index in [2.05, 4.69) is 20.8 Å². The standard InChI is InChI=1S/C10H24O3Si/c1-4-7-10(13-14,11-8-5-2)12-9-6-3/h4-9H2,1-3,14H3. The van der Waals surface area contributed by atoms with E-state index in [-0.39, 0.29) is 0 Å². The van der Waals surface area contributed by atoms with Gasteiger partial charge in [-0.15, -0.1) is 0 Å². The van der Waals surface area contributed by atoms with E-state index in [1.54, 1.807) is 0 Å². The normalized spacial score (nSPS) is 12.2. The highest BCUT2D eigenvalue weighted by Gasteiger charge is 2.29. The first-order chi connectivity index (χ1) is 6.74. The molecule has 0 amide bonds. The van der Waals surface area contributed by atoms with Crippen LogP contribution in [0.5, 0.6) is 0 Å². The van der Waals surface area contributed by atoms with E-state index in [4.69, 9.17) is 13.9 Å². The third-order valence-electron chi connectivity index (χ3n) is 1.92. The van der Waals surface area contributed by atoms with Gasteiger partial charge in [-0.2, -0.15) is 0 Å². The molecule has 0 fully saturated rings. The summed E-state index contributed by atoms with van der Waals surface area (Å²) in [7, 11) is 0.644. The summed E-state index contributed by atoms with van der Waals surface area (Å²) in [6.45, 7) is 7.69. The molecule has 0 aromatic carbocycles. The topological polar surface area (TPSA) is 27.7 Å². The van der Waals surface area contributed by atoms with Crippen LogP contribution in [0.4, 0.5) is 0 Å². The predicted molar refractivity (Wildman–Crippen MR) is 61.1 cm³/mol. The third kappa shape index (κ3) is 5.10. The molecule has 0 saturated heterocycles. The Bertz CT molecular complexity index is 123. The maximum Gasteiger partial charge on any atom is 0.272 e. The molecule has 0 atom stereocenters. The number of hydrogen-bond donors (Lipinski definition) is 0. The lowest BCUT2D eigenvalue weighted by Gasteiger charge is -2.32. The first-order valence-corrected chi connectivity index (χ1v) is 6.39. The summed E-state index contributed by atoms with van der Waals surface area (Å²) in [5.41, 5.74) is 0. The monoisotopic (exact) mass is 220 g/mol. The van der Waals surface area contributed by atoms with Crippen LogP contribution in [0.3, 0.4) is 0 Å². The van der Waals surface area contributed by atoms with Crippen LogP contribution < -0.4 is 0 Å². The summed E-state index contributed by atoms with van der Waals surface area (Å²) >= 11 is 0. The second kappa shape index (κ2) is 8.41. The van der Waals surface area contributed by atoms with Crippen LogP contribution in [-0.2, 0) is 13.9 Å². The van der Waals surface area contributed by atoms with Gasteiger partial charge in [-0.1, -0.05) is 20.8 Å². The molecule has 0 unspecified atom stereocenters. The lowest BCUT2D eigenvalue weighted by Crippen LogP contribution is -2.39. The molecule has 0 aliphatic rings. The van der Waals surface area contributed by atoms with Crippen LogP contribution in [0.15, 0.2) is 0 Å². The molecular formula is C10H24O3Si. The highest BCUT2D eigenvalue weighted by Crippen LogP contribution is 2.21. The van der Waals surface area contributed by atoms with Crippen molar-refractivity contribution in [3.8, 4) is 0 Å². The average Bonchev–Trinajstić information content (AvgIpc) is 2.22. The molecular weight excluding hydrogens is 196 g/mol. The Morgan fingerprint density at radius 3 is 1.71 bits per heavy atom. The van der Waals surface area contributed by atoms with Gasteiger partial charge in [-0.25, -0.2) is 0 Å². The molecule has 4 heteroatoms. The summed E-state index contributed by atoms with van der Waals surface area (Å²) in [5.74, 6) is -0.743. The Morgan fingerprint density at radius 2 is 1.43 bits per heavy atom. The van der Waals surface area contributed by atoms with E-state index in [1.807, 2.05) is 0 Å². The first-order valence-electron chi connectivity index (χ1n) is 5.57. The predicted octanol–water partition coefficient (Wildman–Crippen LogP) is 1.59. The Kier molecular flexibility index (Phi) is 8.47. The van der Waals surface area contributed by atoms with Gasteiger partial charge < -0.3 is 13.9 Å². The fraction of sp³-hybridized carbons (Fsp3) is 1.00. The van der Waals surface area contributed by atoms with Crippen LogP contribution >= 0.6 is 0 Å². The highest BCUT2D eigenvalue weighted by atomic mass is 28.2. The fourth-order valence-corrected chi connectivity index (χ4v) is 1.67. The van der Waals surface area contributed by atoms with Gasteiger partial charge >= 0.3 is 0 Å². The summed E-state index contributed by atoms with van der Waals surface area (Å²) in [4.78, 5) is 0. The van der Waals surface area contributed by atoms with Gasteiger partial charge in [0.15, 0.2) is 10.5 Å². The molecule has 3 nitrogen and oxygen atoms in total. The van der Waals surface area contributed by atoms with Crippen molar-refractivity contribution < 1.29 is 13.9 Å². The van der Waals surface area contributed by atoms with Crippen molar-refractivity contribution in [2.24, 2.45) is 0 Å². The molecule has 0 aliphatic carbocycles. The van der Waals surface area contributed by atoms with E-state index in [0.717, 1.165) is 25.7 Å². The molecule has 0 radical (unpaired) electrons. The molecule has 0 bridgehead atoms. The minimum Gasteiger partial charge on any atom is -0.380 e. The van der Waals surface area contributed by atoms with Crippen LogP contribution in [0.25, 0.3) is 0 Å². The Labute approximate surface area is 90.7 Å². The van der Waals surface area contributed by atoms with Crippen molar-refractivity contribution in [3.63, 3.8) is 0 Å². The van der Waals surface area contributed by atoms with Crippen molar-refractivity contribution in [2.75, 3.05) is 13.2 Å². The van der Waals surface area contributed by atoms with E-state index in [9.17, 15) is 0 Å². The van der Waals surface area contributed by atoms with E-state index < -0.39 is 5.97 Å². The van der Waals surface area contributed by atoms with Crippen LogP contribution in [-0.4, -0.2) is 29.7 Å². The molecule has 0 spiro atoms. The maximum absolute atomic E-state index is 5.66. The molecule has 0 heterocycles. The number of hydrogen-bond acceptors (Lipinski definition) is 3. The summed E-state index contributed by atoms with van der Waals surface area (Å²) in [5, 5.41) is 0. The Morgan fingerprint density at radius 1 is 0.929 bits per heavy atom. The van der Waals surface area contributed by atoms with Crippen molar-refractivity contribution in [2.45, 2.75) is 52.4 Å². The summed E-state index contributed by atoms with van der Waals surface area (Å²) in [6, 6.07) is 0. The van der Waals surface area contributed by atoms with Crippen molar-refractivity contribution in [1.82, 2.24) is 0 Å². The molecule has 0 aromatic heterocycles. The summed E-state index contributed by atoms with van der Waals surface area (Å²) < 4.78 is 16.8. The minimum absolute atomic E-state index is 0.644. The molecule has 86 valence electrons. The zero-order valence-electron chi connectivity index (χ0n) is 9.97. The molecule has 0 N–H and O–H groups in total. The maximum atomic E-state index is 5.66. The van der Waals surface area contributed by atoms with E-state index in [1.165, 1.54) is 0 Å². The zero-order chi connectivity index (χ0) is 10.9. The molecule has 0 saturated carbocycles. The fourth-order valence-electron chi connectivity index (χ4n) is 1.23. The largest absolute Gasteiger partial charge is 0.380 e. The second-order valence-electron chi connectivity index (χ2n) is 3.33. The van der Waals surface area contributed by atoms with Gasteiger partial charge in [-0.05, 0) is 19.3 Å². The molecule has 0 aliphatic heterocycles. The lowest BCUT2D eigenvalue weighted by atomic mass is 10.3. The van der Waals surface area contributed by atoms with Crippen molar-refractivity contribution in [1.29, 1.82) is 0 Å². The lowest BCUT2D eigenvalue weighted by molar-refractivity contribution is -0.346. The molecule has 14 heavy (non-hydrogen) atoms. The Hall–Kier alpha value is 0.0969. The number of ether oxygens (including phenoxy) is 2. The van der Waals surface area contributed by atoms with Crippen molar-refractivity contribution >= 4 is 10.5 Å². The first kappa shape index (κ1) is 14.1. The number of rotatable bonds is 9. The van der Waals surface area contributed by atoms with Gasteiger partial charge in [0.2, 0.25) is 0 Å². The average molecular weight is 220 g/mol. The van der Waals surface area contributed by atoms with Crippen LogP contribution in [0.1, 0.15) is 46.5 Å². The van der Waals surface area contributed by atoms with Crippen LogP contribution in [0, 0.1) is 0 Å². The van der Waals surface area contributed by atoms with Gasteiger partial charge in [0.05, 0.1) is 13.2 Å². The summed E-state index contributed by atoms with van der Waals surface area (Å²) in [6.07, 6.45) is 3.81. The van der Waals surface area contributed by atoms with Crippen LogP contribution in [0.2, 0.25) is 0 Å². The third-order valence-corrected chi connectivity index (χ3v) is 2.54. The van der Waals surface area contributed by atoms with Gasteiger partial charge in [0, 0.05) is 6.42 Å². The van der Waals surface area contributed by atoms with Gasteiger partial charge in [-0.3, -0.25) is 0 Å². The smallest absolute Gasteiger partial charge is 0.272 e. The van der Waals surface area contributed by atoms with E-state index >= 15 is 0 Å². The quantitative estimate of drug-likeness (QED) is 0.436. The van der Waals surface area contributed by atoms with Crippen molar-refractivity contribution in [3.05, 3.63) is 0 Å². The van der Waals surface area contributed by atoms with Gasteiger partial charge in [0.25, 0.3) is 5.97 Å². The second-order valence-corrected chi connectivity index (χ2v) is 3.74. The minimum atomic E-state index is -0.743. The molecule has 0 rings (SSSR count). The highest BCUT2D eigenvalue weighted by molar-refractivity contribution is 5.98. The zero-order valence-corrected chi connectivity index (χ0v) is 12.0.